The number of H-pyrrole nitrogens is 1. The molecule has 1 aromatic carbocycles. The average molecular weight is 271 g/mol. The molecule has 1 fully saturated rings. The van der Waals surface area contributed by atoms with E-state index in [4.69, 9.17) is 23.2 Å². The first-order valence-corrected chi connectivity index (χ1v) is 6.76. The zero-order valence-corrected chi connectivity index (χ0v) is 11.8. The third kappa shape index (κ3) is 2.16. The van der Waals surface area contributed by atoms with Crippen LogP contribution in [0.1, 0.15) is 43.7 Å². The first-order chi connectivity index (χ1) is 8.18. The maximum Gasteiger partial charge on any atom is 0.132 e. The summed E-state index contributed by atoms with van der Waals surface area (Å²) in [7, 11) is 0. The number of halogens is 2. The molecule has 0 spiro atoms. The monoisotopic (exact) mass is 270 g/mol. The quantitative estimate of drug-likeness (QED) is 0.769. The third-order valence-electron chi connectivity index (χ3n) is 3.04. The van der Waals surface area contributed by atoms with Crippen LogP contribution in [0, 0.1) is 6.92 Å². The van der Waals surface area contributed by atoms with Crippen molar-refractivity contribution in [1.29, 1.82) is 0 Å². The summed E-state index contributed by atoms with van der Waals surface area (Å²) < 4.78 is 0. The molecule has 0 unspecified atom stereocenters. The number of aromatic amines is 1. The molecular weight excluding hydrogens is 255 g/mol. The van der Waals surface area contributed by atoms with Gasteiger partial charge in [0.1, 0.15) is 5.15 Å². The lowest BCUT2D eigenvalue weighted by molar-refractivity contribution is 1.11. The highest BCUT2D eigenvalue weighted by molar-refractivity contribution is 6.36. The molecule has 2 aromatic rings. The highest BCUT2D eigenvalue weighted by Crippen LogP contribution is 2.47. The number of aryl methyl sites for hydroxylation is 1. The maximum atomic E-state index is 6.26. The van der Waals surface area contributed by atoms with Gasteiger partial charge in [-0.2, -0.15) is 5.10 Å². The van der Waals surface area contributed by atoms with Crippen molar-refractivity contribution >= 4 is 34.1 Å². The van der Waals surface area contributed by atoms with E-state index in [0.717, 1.165) is 15.9 Å². The molecule has 1 heterocycles. The fourth-order valence-electron chi connectivity index (χ4n) is 2.18. The molecular formula is C13H16Cl2N2. The van der Waals surface area contributed by atoms with Crippen molar-refractivity contribution < 1.29 is 0 Å². The minimum absolute atomic E-state index is 0.612. The number of benzene rings is 1. The molecule has 0 bridgehead atoms. The predicted octanol–water partition coefficient (Wildman–Crippen LogP) is 5.08. The van der Waals surface area contributed by atoms with Crippen LogP contribution in [0.4, 0.5) is 0 Å². The molecule has 17 heavy (non-hydrogen) atoms. The fourth-order valence-corrected chi connectivity index (χ4v) is 2.86. The number of hydrogen-bond acceptors (Lipinski definition) is 1. The van der Waals surface area contributed by atoms with Crippen LogP contribution in [-0.2, 0) is 0 Å². The standard InChI is InChI=1S/C11H10Cl2N2.C2H6/c1-5-9(6-2-3-6)7(12)4-8-10(5)11(13)15-14-8;1-2/h4,6H,2-3H2,1H3,(H,14,15);1-2H3. The van der Waals surface area contributed by atoms with Crippen molar-refractivity contribution in [2.75, 3.05) is 0 Å². The topological polar surface area (TPSA) is 28.7 Å². The van der Waals surface area contributed by atoms with E-state index in [-0.39, 0.29) is 0 Å². The Morgan fingerprint density at radius 3 is 2.53 bits per heavy atom. The number of nitrogens with zero attached hydrogens (tertiary/aromatic N) is 1. The Morgan fingerprint density at radius 2 is 1.94 bits per heavy atom. The summed E-state index contributed by atoms with van der Waals surface area (Å²) >= 11 is 12.3. The van der Waals surface area contributed by atoms with Crippen molar-refractivity contribution in [2.45, 2.75) is 39.5 Å². The molecule has 1 saturated carbocycles. The second kappa shape index (κ2) is 4.87. The van der Waals surface area contributed by atoms with Gasteiger partial charge in [0.15, 0.2) is 0 Å². The molecule has 92 valence electrons. The molecule has 0 radical (unpaired) electrons. The van der Waals surface area contributed by atoms with E-state index in [1.54, 1.807) is 0 Å². The smallest absolute Gasteiger partial charge is 0.132 e. The first kappa shape index (κ1) is 12.7. The average Bonchev–Trinajstić information content (AvgIpc) is 3.07. The van der Waals surface area contributed by atoms with Crippen LogP contribution in [0.5, 0.6) is 0 Å². The zero-order chi connectivity index (χ0) is 12.6. The molecule has 4 heteroatoms. The molecule has 0 atom stereocenters. The highest BCUT2D eigenvalue weighted by Gasteiger charge is 2.29. The van der Waals surface area contributed by atoms with Crippen LogP contribution in [0.25, 0.3) is 10.9 Å². The van der Waals surface area contributed by atoms with Crippen molar-refractivity contribution in [2.24, 2.45) is 0 Å². The lowest BCUT2D eigenvalue weighted by Crippen LogP contribution is -1.89. The van der Waals surface area contributed by atoms with Crippen LogP contribution in [0.3, 0.4) is 0 Å². The molecule has 0 saturated heterocycles. The van der Waals surface area contributed by atoms with Crippen molar-refractivity contribution in [3.63, 3.8) is 0 Å². The molecule has 3 rings (SSSR count). The van der Waals surface area contributed by atoms with E-state index >= 15 is 0 Å². The van der Waals surface area contributed by atoms with Gasteiger partial charge in [0, 0.05) is 10.4 Å². The van der Waals surface area contributed by atoms with E-state index in [2.05, 4.69) is 17.1 Å². The Balaban J connectivity index is 0.000000514. The normalized spacial score (nSPS) is 14.6. The Bertz CT molecular complexity index is 542. The van der Waals surface area contributed by atoms with Gasteiger partial charge in [-0.15, -0.1) is 0 Å². The van der Waals surface area contributed by atoms with Crippen LogP contribution in [0.15, 0.2) is 6.07 Å². The Kier molecular flexibility index (Phi) is 3.64. The molecule has 1 N–H and O–H groups in total. The first-order valence-electron chi connectivity index (χ1n) is 6.01. The summed E-state index contributed by atoms with van der Waals surface area (Å²) in [5.41, 5.74) is 3.29. The summed E-state index contributed by atoms with van der Waals surface area (Å²) in [5.74, 6) is 0.632. The minimum atomic E-state index is 0.612. The van der Waals surface area contributed by atoms with Gasteiger partial charge in [-0.3, -0.25) is 5.10 Å². The van der Waals surface area contributed by atoms with Crippen LogP contribution in [-0.4, -0.2) is 10.2 Å². The van der Waals surface area contributed by atoms with Crippen LogP contribution in [0.2, 0.25) is 10.2 Å². The molecule has 2 nitrogen and oxygen atoms in total. The van der Waals surface area contributed by atoms with E-state index < -0.39 is 0 Å². The van der Waals surface area contributed by atoms with Gasteiger partial charge in [-0.25, -0.2) is 0 Å². The van der Waals surface area contributed by atoms with E-state index in [0.29, 0.717) is 11.1 Å². The zero-order valence-electron chi connectivity index (χ0n) is 10.3. The second-order valence-electron chi connectivity index (χ2n) is 4.10. The lowest BCUT2D eigenvalue weighted by Gasteiger charge is -2.07. The van der Waals surface area contributed by atoms with Gasteiger partial charge >= 0.3 is 0 Å². The fraction of sp³-hybridized carbons (Fsp3) is 0.462. The second-order valence-corrected chi connectivity index (χ2v) is 4.89. The SMILES string of the molecule is CC.Cc1c(C2CC2)c(Cl)cc2n[nH]c(Cl)c12. The molecule has 1 aromatic heterocycles. The molecule has 1 aliphatic rings. The maximum absolute atomic E-state index is 6.26. The van der Waals surface area contributed by atoms with E-state index in [1.807, 2.05) is 19.9 Å². The Morgan fingerprint density at radius 1 is 1.29 bits per heavy atom. The minimum Gasteiger partial charge on any atom is -0.266 e. The van der Waals surface area contributed by atoms with Gasteiger partial charge in [0.25, 0.3) is 0 Å². The van der Waals surface area contributed by atoms with Crippen molar-refractivity contribution in [1.82, 2.24) is 10.2 Å². The summed E-state index contributed by atoms with van der Waals surface area (Å²) in [6.07, 6.45) is 2.48. The van der Waals surface area contributed by atoms with Crippen molar-refractivity contribution in [3.8, 4) is 0 Å². The summed E-state index contributed by atoms with van der Waals surface area (Å²) in [5, 5.41) is 9.36. The number of fused-ring (bicyclic) bond motifs is 1. The van der Waals surface area contributed by atoms with Gasteiger partial charge < -0.3 is 0 Å². The lowest BCUT2D eigenvalue weighted by atomic mass is 10.0. The molecule has 1 aliphatic carbocycles. The van der Waals surface area contributed by atoms with Gasteiger partial charge in [-0.1, -0.05) is 37.0 Å². The van der Waals surface area contributed by atoms with Crippen LogP contribution < -0.4 is 0 Å². The summed E-state index contributed by atoms with van der Waals surface area (Å²) in [6.45, 7) is 6.07. The number of rotatable bonds is 1. The van der Waals surface area contributed by atoms with Crippen molar-refractivity contribution in [3.05, 3.63) is 27.4 Å². The number of hydrogen-bond donors (Lipinski definition) is 1. The van der Waals surface area contributed by atoms with Crippen LogP contribution >= 0.6 is 23.2 Å². The molecule has 0 aliphatic heterocycles. The third-order valence-corrected chi connectivity index (χ3v) is 3.62. The Labute approximate surface area is 111 Å². The number of nitrogens with one attached hydrogen (secondary N) is 1. The van der Waals surface area contributed by atoms with Gasteiger partial charge in [0.2, 0.25) is 0 Å². The highest BCUT2D eigenvalue weighted by atomic mass is 35.5. The van der Waals surface area contributed by atoms with E-state index in [9.17, 15) is 0 Å². The van der Waals surface area contributed by atoms with Gasteiger partial charge in [-0.05, 0) is 42.9 Å². The molecule has 0 amide bonds. The summed E-state index contributed by atoms with van der Waals surface area (Å²) in [6, 6.07) is 1.90. The largest absolute Gasteiger partial charge is 0.266 e. The Hall–Kier alpha value is -0.730. The number of aromatic nitrogens is 2. The van der Waals surface area contributed by atoms with E-state index in [1.165, 1.54) is 24.0 Å². The summed E-state index contributed by atoms with van der Waals surface area (Å²) in [4.78, 5) is 0. The van der Waals surface area contributed by atoms with Gasteiger partial charge in [0.05, 0.1) is 5.52 Å². The predicted molar refractivity (Wildman–Crippen MR) is 74.2 cm³/mol.